The molecule has 20 heavy (non-hydrogen) atoms. The number of urea groups is 1. The Morgan fingerprint density at radius 3 is 2.90 bits per heavy atom. The highest BCUT2D eigenvalue weighted by Gasteiger charge is 2.33. The molecule has 2 aliphatic rings. The summed E-state index contributed by atoms with van der Waals surface area (Å²) in [5, 5.41) is 8.51. The third-order valence-corrected chi connectivity index (χ3v) is 3.90. The molecule has 0 spiro atoms. The number of carbonyl (C=O) groups is 2. The zero-order valence-electron chi connectivity index (χ0n) is 12.0. The van der Waals surface area contributed by atoms with E-state index in [2.05, 4.69) is 20.9 Å². The van der Waals surface area contributed by atoms with Gasteiger partial charge < -0.3 is 10.6 Å². The summed E-state index contributed by atoms with van der Waals surface area (Å²) in [6.07, 6.45) is 3.16. The predicted molar refractivity (Wildman–Crippen MR) is 80.0 cm³/mol. The van der Waals surface area contributed by atoms with Crippen molar-refractivity contribution in [1.82, 2.24) is 20.9 Å². The molecule has 2 unspecified atom stereocenters. The number of nitrogens with zero attached hydrogens (tertiary/aromatic N) is 1. The van der Waals surface area contributed by atoms with Gasteiger partial charge in [0, 0.05) is 25.7 Å². The highest BCUT2D eigenvalue weighted by molar-refractivity contribution is 5.95. The number of rotatable bonds is 4. The Morgan fingerprint density at radius 2 is 2.15 bits per heavy atom. The highest BCUT2D eigenvalue weighted by Crippen LogP contribution is 2.24. The van der Waals surface area contributed by atoms with Crippen molar-refractivity contribution in [2.75, 3.05) is 32.7 Å². The van der Waals surface area contributed by atoms with Crippen LogP contribution in [0.1, 0.15) is 26.2 Å². The second-order valence-corrected chi connectivity index (χ2v) is 5.44. The second kappa shape index (κ2) is 8.44. The van der Waals surface area contributed by atoms with Gasteiger partial charge in [-0.2, -0.15) is 0 Å². The molecule has 0 radical (unpaired) electrons. The molecule has 6 nitrogen and oxygen atoms in total. The van der Waals surface area contributed by atoms with Crippen molar-refractivity contribution in [2.24, 2.45) is 5.92 Å². The number of carbonyl (C=O) groups excluding carboxylic acids is 2. The van der Waals surface area contributed by atoms with Crippen molar-refractivity contribution in [3.63, 3.8) is 0 Å². The third-order valence-electron chi connectivity index (χ3n) is 3.90. The fraction of sp³-hybridized carbons (Fsp3) is 0.846. The minimum atomic E-state index is -0.385. The molecule has 0 bridgehead atoms. The number of fused-ring (bicyclic) bond motifs is 1. The van der Waals surface area contributed by atoms with Crippen LogP contribution >= 0.6 is 12.4 Å². The zero-order chi connectivity index (χ0) is 13.7. The van der Waals surface area contributed by atoms with Crippen LogP contribution in [-0.4, -0.2) is 55.6 Å². The molecule has 7 heteroatoms. The maximum absolute atomic E-state index is 11.7. The first kappa shape index (κ1) is 17.2. The van der Waals surface area contributed by atoms with Gasteiger partial charge >= 0.3 is 6.03 Å². The van der Waals surface area contributed by atoms with Crippen LogP contribution in [0.2, 0.25) is 0 Å². The molecule has 0 saturated carbocycles. The third kappa shape index (κ3) is 4.92. The van der Waals surface area contributed by atoms with Crippen LogP contribution in [0.3, 0.4) is 0 Å². The Balaban J connectivity index is 0.00000200. The number of amides is 3. The summed E-state index contributed by atoms with van der Waals surface area (Å²) in [5.74, 6) is 0.452. The molecule has 0 aliphatic carbocycles. The Labute approximate surface area is 126 Å². The summed E-state index contributed by atoms with van der Waals surface area (Å²) >= 11 is 0. The Morgan fingerprint density at radius 1 is 1.35 bits per heavy atom. The van der Waals surface area contributed by atoms with Crippen LogP contribution in [0.5, 0.6) is 0 Å². The van der Waals surface area contributed by atoms with Gasteiger partial charge in [-0.1, -0.05) is 6.92 Å². The molecule has 3 N–H and O–H groups in total. The predicted octanol–water partition coefficient (Wildman–Crippen LogP) is 0.328. The average molecular weight is 305 g/mol. The van der Waals surface area contributed by atoms with Gasteiger partial charge in [0.25, 0.3) is 0 Å². The quantitative estimate of drug-likeness (QED) is 0.700. The van der Waals surface area contributed by atoms with Crippen molar-refractivity contribution in [3.05, 3.63) is 0 Å². The summed E-state index contributed by atoms with van der Waals surface area (Å²) < 4.78 is 0. The second-order valence-electron chi connectivity index (χ2n) is 5.44. The molecule has 0 aromatic heterocycles. The summed E-state index contributed by atoms with van der Waals surface area (Å²) in [6.45, 7) is 5.87. The van der Waals surface area contributed by atoms with Crippen LogP contribution < -0.4 is 16.0 Å². The fourth-order valence-corrected chi connectivity index (χ4v) is 2.92. The SMILES string of the molecule is CCCNC(=O)NC(=O)CN1CCC2NCCC2C1.Cl. The van der Waals surface area contributed by atoms with E-state index >= 15 is 0 Å². The Hall–Kier alpha value is -0.850. The van der Waals surface area contributed by atoms with Crippen LogP contribution in [0, 0.1) is 5.92 Å². The van der Waals surface area contributed by atoms with Crippen LogP contribution in [0.15, 0.2) is 0 Å². The van der Waals surface area contributed by atoms with Gasteiger partial charge in [0.2, 0.25) is 5.91 Å². The lowest BCUT2D eigenvalue weighted by atomic mass is 9.93. The van der Waals surface area contributed by atoms with E-state index in [1.54, 1.807) is 0 Å². The molecule has 2 heterocycles. The van der Waals surface area contributed by atoms with Crippen molar-refractivity contribution in [1.29, 1.82) is 0 Å². The fourth-order valence-electron chi connectivity index (χ4n) is 2.92. The maximum atomic E-state index is 11.7. The van der Waals surface area contributed by atoms with Gasteiger partial charge in [0.15, 0.2) is 0 Å². The van der Waals surface area contributed by atoms with E-state index in [-0.39, 0.29) is 24.3 Å². The van der Waals surface area contributed by atoms with E-state index in [1.807, 2.05) is 6.92 Å². The standard InChI is InChI=1S/C13H24N4O2.ClH/c1-2-5-15-13(19)16-12(18)9-17-7-4-11-10(8-17)3-6-14-11;/h10-11,14H,2-9H2,1H3,(H2,15,16,18,19);1H. The molecular weight excluding hydrogens is 280 g/mol. The van der Waals surface area contributed by atoms with Gasteiger partial charge in [-0.15, -0.1) is 12.4 Å². The minimum absolute atomic E-state index is 0. The summed E-state index contributed by atoms with van der Waals surface area (Å²) in [5.41, 5.74) is 0. The van der Waals surface area contributed by atoms with E-state index < -0.39 is 0 Å². The maximum Gasteiger partial charge on any atom is 0.321 e. The molecule has 2 atom stereocenters. The van der Waals surface area contributed by atoms with Gasteiger partial charge in [-0.25, -0.2) is 4.79 Å². The van der Waals surface area contributed by atoms with Gasteiger partial charge in [-0.3, -0.25) is 15.0 Å². The van der Waals surface area contributed by atoms with E-state index in [9.17, 15) is 9.59 Å². The van der Waals surface area contributed by atoms with Crippen molar-refractivity contribution in [2.45, 2.75) is 32.2 Å². The normalized spacial score (nSPS) is 25.4. The van der Waals surface area contributed by atoms with Crippen molar-refractivity contribution in [3.8, 4) is 0 Å². The lowest BCUT2D eigenvalue weighted by Gasteiger charge is -2.34. The van der Waals surface area contributed by atoms with E-state index in [1.165, 1.54) is 6.42 Å². The Bertz CT molecular complexity index is 340. The largest absolute Gasteiger partial charge is 0.338 e. The lowest BCUT2D eigenvalue weighted by Crippen LogP contribution is -2.49. The molecule has 0 aromatic carbocycles. The van der Waals surface area contributed by atoms with Gasteiger partial charge in [0.05, 0.1) is 6.54 Å². The Kier molecular flexibility index (Phi) is 7.26. The first-order valence-corrected chi connectivity index (χ1v) is 7.22. The smallest absolute Gasteiger partial charge is 0.321 e. The molecule has 0 aromatic rings. The molecule has 2 fully saturated rings. The first-order valence-electron chi connectivity index (χ1n) is 7.22. The topological polar surface area (TPSA) is 73.5 Å². The van der Waals surface area contributed by atoms with Gasteiger partial charge in [-0.05, 0) is 31.7 Å². The van der Waals surface area contributed by atoms with E-state index in [0.29, 0.717) is 25.0 Å². The van der Waals surface area contributed by atoms with E-state index in [0.717, 1.165) is 32.5 Å². The summed E-state index contributed by atoms with van der Waals surface area (Å²) in [6, 6.07) is 0.247. The van der Waals surface area contributed by atoms with Crippen molar-refractivity contribution < 1.29 is 9.59 Å². The van der Waals surface area contributed by atoms with Crippen LogP contribution in [-0.2, 0) is 4.79 Å². The number of likely N-dealkylation sites (tertiary alicyclic amines) is 1. The zero-order valence-corrected chi connectivity index (χ0v) is 12.8. The number of piperidine rings is 1. The summed E-state index contributed by atoms with van der Waals surface area (Å²) in [4.78, 5) is 25.3. The average Bonchev–Trinajstić information content (AvgIpc) is 2.83. The number of hydrogen-bond donors (Lipinski definition) is 3. The molecular formula is C13H25ClN4O2. The van der Waals surface area contributed by atoms with Crippen molar-refractivity contribution >= 4 is 24.3 Å². The lowest BCUT2D eigenvalue weighted by molar-refractivity contribution is -0.121. The minimum Gasteiger partial charge on any atom is -0.338 e. The summed E-state index contributed by atoms with van der Waals surface area (Å²) in [7, 11) is 0. The monoisotopic (exact) mass is 304 g/mol. The number of halogens is 1. The van der Waals surface area contributed by atoms with Crippen LogP contribution in [0.4, 0.5) is 4.79 Å². The first-order chi connectivity index (χ1) is 9.19. The van der Waals surface area contributed by atoms with E-state index in [4.69, 9.17) is 0 Å². The highest BCUT2D eigenvalue weighted by atomic mass is 35.5. The number of nitrogens with one attached hydrogen (secondary N) is 3. The number of hydrogen-bond acceptors (Lipinski definition) is 4. The number of imide groups is 1. The molecule has 2 rings (SSSR count). The van der Waals surface area contributed by atoms with Crippen LogP contribution in [0.25, 0.3) is 0 Å². The molecule has 2 aliphatic heterocycles. The van der Waals surface area contributed by atoms with Gasteiger partial charge in [0.1, 0.15) is 0 Å². The molecule has 116 valence electrons. The molecule has 2 saturated heterocycles. The molecule has 3 amide bonds.